The number of alkyl halides is 3. The molecule has 33 heavy (non-hydrogen) atoms. The molecule has 0 unspecified atom stereocenters. The number of piperazine rings is 1. The molecule has 0 saturated carbocycles. The van der Waals surface area contributed by atoms with Crippen LogP contribution < -0.4 is 0 Å². The summed E-state index contributed by atoms with van der Waals surface area (Å²) in [7, 11) is 0. The molecule has 1 aromatic heterocycles. The highest BCUT2D eigenvalue weighted by atomic mass is 35.5. The standard InChI is InChI=1S/C26H25ClF3N3/c1-16(2)32-11-13-33(14-12-32)18(4)20-7-10-22-23(15-20)31-25(17(3)24(22)27)19-5-8-21(9-6-19)26(28,29)30/h5-10,15H,1,4,11-14H2,2-3H3. The molecule has 0 bridgehead atoms. The maximum atomic E-state index is 13.0. The Morgan fingerprint density at radius 3 is 2.15 bits per heavy atom. The zero-order valence-corrected chi connectivity index (χ0v) is 19.4. The summed E-state index contributed by atoms with van der Waals surface area (Å²) in [6.45, 7) is 15.6. The lowest BCUT2D eigenvalue weighted by Crippen LogP contribution is -2.44. The maximum absolute atomic E-state index is 13.0. The van der Waals surface area contributed by atoms with Crippen molar-refractivity contribution < 1.29 is 13.2 Å². The first-order valence-electron chi connectivity index (χ1n) is 10.7. The molecule has 0 atom stereocenters. The van der Waals surface area contributed by atoms with Gasteiger partial charge in [0.05, 0.1) is 21.8 Å². The molecule has 3 aromatic rings. The van der Waals surface area contributed by atoms with Gasteiger partial charge in [0.15, 0.2) is 0 Å². The van der Waals surface area contributed by atoms with E-state index < -0.39 is 11.7 Å². The van der Waals surface area contributed by atoms with E-state index in [2.05, 4.69) is 23.0 Å². The van der Waals surface area contributed by atoms with Crippen LogP contribution in [0.1, 0.15) is 23.6 Å². The van der Waals surface area contributed by atoms with Gasteiger partial charge >= 0.3 is 6.18 Å². The Balaban J connectivity index is 1.67. The first-order chi connectivity index (χ1) is 15.6. The highest BCUT2D eigenvalue weighted by Crippen LogP contribution is 2.36. The molecule has 0 amide bonds. The van der Waals surface area contributed by atoms with E-state index in [-0.39, 0.29) is 0 Å². The van der Waals surface area contributed by atoms with E-state index in [0.29, 0.717) is 21.8 Å². The van der Waals surface area contributed by atoms with E-state index in [9.17, 15) is 13.2 Å². The number of pyridine rings is 1. The van der Waals surface area contributed by atoms with Gasteiger partial charge in [-0.2, -0.15) is 13.2 Å². The number of benzene rings is 2. The van der Waals surface area contributed by atoms with Crippen LogP contribution in [0.25, 0.3) is 27.9 Å². The Hall–Kier alpha value is -2.99. The van der Waals surface area contributed by atoms with Crippen LogP contribution in [0, 0.1) is 6.92 Å². The fourth-order valence-electron chi connectivity index (χ4n) is 4.14. The number of aromatic nitrogens is 1. The van der Waals surface area contributed by atoms with E-state index in [1.165, 1.54) is 12.1 Å². The zero-order valence-electron chi connectivity index (χ0n) is 18.6. The van der Waals surface area contributed by atoms with Gasteiger partial charge in [-0.05, 0) is 43.2 Å². The lowest BCUT2D eigenvalue weighted by Gasteiger charge is -2.38. The van der Waals surface area contributed by atoms with Crippen molar-refractivity contribution in [3.05, 3.63) is 83.0 Å². The highest BCUT2D eigenvalue weighted by Gasteiger charge is 2.30. The quantitative estimate of drug-likeness (QED) is 0.408. The maximum Gasteiger partial charge on any atom is 0.416 e. The fourth-order valence-corrected chi connectivity index (χ4v) is 4.39. The topological polar surface area (TPSA) is 19.4 Å². The van der Waals surface area contributed by atoms with Crippen LogP contribution in [0.15, 0.2) is 61.3 Å². The summed E-state index contributed by atoms with van der Waals surface area (Å²) in [5, 5.41) is 1.34. The number of hydrogen-bond donors (Lipinski definition) is 0. The van der Waals surface area contributed by atoms with Gasteiger partial charge in [0.25, 0.3) is 0 Å². The van der Waals surface area contributed by atoms with Crippen LogP contribution in [0.3, 0.4) is 0 Å². The summed E-state index contributed by atoms with van der Waals surface area (Å²) < 4.78 is 38.9. The SMILES string of the molecule is C=C(C)N1CCN(C(=C)c2ccc3c(Cl)c(C)c(-c4ccc(C(F)(F)F)cc4)nc3c2)CC1. The molecular weight excluding hydrogens is 447 g/mol. The van der Waals surface area contributed by atoms with Gasteiger partial charge in [-0.15, -0.1) is 0 Å². The molecule has 1 aliphatic rings. The lowest BCUT2D eigenvalue weighted by molar-refractivity contribution is -0.137. The van der Waals surface area contributed by atoms with Crippen molar-refractivity contribution in [3.8, 4) is 11.3 Å². The summed E-state index contributed by atoms with van der Waals surface area (Å²) in [6, 6.07) is 10.9. The highest BCUT2D eigenvalue weighted by molar-refractivity contribution is 6.36. The summed E-state index contributed by atoms with van der Waals surface area (Å²) >= 11 is 6.64. The molecule has 4 rings (SSSR count). The number of halogens is 4. The summed E-state index contributed by atoms with van der Waals surface area (Å²) in [4.78, 5) is 9.27. The second kappa shape index (κ2) is 8.75. The Labute approximate surface area is 196 Å². The van der Waals surface area contributed by atoms with Crippen LogP contribution in [0.5, 0.6) is 0 Å². The van der Waals surface area contributed by atoms with Crippen molar-refractivity contribution in [2.45, 2.75) is 20.0 Å². The van der Waals surface area contributed by atoms with Gasteiger partial charge in [-0.1, -0.05) is 49.0 Å². The van der Waals surface area contributed by atoms with Crippen LogP contribution >= 0.6 is 11.6 Å². The summed E-state index contributed by atoms with van der Waals surface area (Å²) in [6.07, 6.45) is -4.38. The second-order valence-corrected chi connectivity index (χ2v) is 8.74. The largest absolute Gasteiger partial charge is 0.416 e. The van der Waals surface area contributed by atoms with E-state index in [4.69, 9.17) is 16.6 Å². The molecule has 0 aliphatic carbocycles. The van der Waals surface area contributed by atoms with Crippen LogP contribution in [-0.4, -0.2) is 41.0 Å². The van der Waals surface area contributed by atoms with Crippen molar-refractivity contribution in [3.63, 3.8) is 0 Å². The Morgan fingerprint density at radius 2 is 1.58 bits per heavy atom. The van der Waals surface area contributed by atoms with E-state index >= 15 is 0 Å². The van der Waals surface area contributed by atoms with Crippen molar-refractivity contribution in [1.82, 2.24) is 14.8 Å². The monoisotopic (exact) mass is 471 g/mol. The first kappa shape index (κ1) is 23.2. The molecule has 1 aliphatic heterocycles. The van der Waals surface area contributed by atoms with Crippen LogP contribution in [-0.2, 0) is 6.18 Å². The Bertz CT molecular complexity index is 1220. The minimum atomic E-state index is -4.38. The molecule has 7 heteroatoms. The van der Waals surface area contributed by atoms with Gasteiger partial charge < -0.3 is 9.80 Å². The number of hydrogen-bond acceptors (Lipinski definition) is 3. The molecule has 3 nitrogen and oxygen atoms in total. The molecule has 1 fully saturated rings. The molecule has 0 radical (unpaired) electrons. The predicted octanol–water partition coefficient (Wildman–Crippen LogP) is 7.00. The molecule has 1 saturated heterocycles. The lowest BCUT2D eigenvalue weighted by atomic mass is 10.0. The van der Waals surface area contributed by atoms with E-state index in [1.807, 2.05) is 32.0 Å². The van der Waals surface area contributed by atoms with Crippen LogP contribution in [0.4, 0.5) is 13.2 Å². The third-order valence-corrected chi connectivity index (χ3v) is 6.66. The van der Waals surface area contributed by atoms with Crippen molar-refractivity contribution in [2.24, 2.45) is 0 Å². The van der Waals surface area contributed by atoms with Gasteiger partial charge in [0.1, 0.15) is 0 Å². The van der Waals surface area contributed by atoms with E-state index in [0.717, 1.165) is 66.2 Å². The van der Waals surface area contributed by atoms with Gasteiger partial charge in [-0.3, -0.25) is 0 Å². The second-order valence-electron chi connectivity index (χ2n) is 8.36. The average Bonchev–Trinajstić information content (AvgIpc) is 2.80. The first-order valence-corrected chi connectivity index (χ1v) is 11.1. The Morgan fingerprint density at radius 1 is 0.970 bits per heavy atom. The minimum Gasteiger partial charge on any atom is -0.372 e. The number of nitrogens with zero attached hydrogens (tertiary/aromatic N) is 3. The number of fused-ring (bicyclic) bond motifs is 1. The normalized spacial score (nSPS) is 14.6. The predicted molar refractivity (Wildman–Crippen MR) is 129 cm³/mol. The molecule has 172 valence electrons. The molecule has 0 spiro atoms. The number of allylic oxidation sites excluding steroid dienone is 1. The fraction of sp³-hybridized carbons (Fsp3) is 0.269. The van der Waals surface area contributed by atoms with Gasteiger partial charge in [-0.25, -0.2) is 4.98 Å². The van der Waals surface area contributed by atoms with Gasteiger partial charge in [0.2, 0.25) is 0 Å². The van der Waals surface area contributed by atoms with E-state index in [1.54, 1.807) is 0 Å². The summed E-state index contributed by atoms with van der Waals surface area (Å²) in [5.74, 6) is 0. The molecule has 2 aromatic carbocycles. The molecular formula is C26H25ClF3N3. The van der Waals surface area contributed by atoms with Crippen LogP contribution in [0.2, 0.25) is 5.02 Å². The third-order valence-electron chi connectivity index (χ3n) is 6.17. The summed E-state index contributed by atoms with van der Waals surface area (Å²) in [5.41, 5.74) is 4.79. The zero-order chi connectivity index (χ0) is 23.9. The van der Waals surface area contributed by atoms with Crippen molar-refractivity contribution in [1.29, 1.82) is 0 Å². The third kappa shape index (κ3) is 4.58. The Kier molecular flexibility index (Phi) is 6.14. The van der Waals surface area contributed by atoms with Crippen molar-refractivity contribution >= 4 is 28.2 Å². The number of rotatable bonds is 4. The average molecular weight is 472 g/mol. The minimum absolute atomic E-state index is 0.544. The molecule has 0 N–H and O–H groups in total. The van der Waals surface area contributed by atoms with Gasteiger partial charge in [0, 0.05) is 48.5 Å². The van der Waals surface area contributed by atoms with Crippen molar-refractivity contribution in [2.75, 3.05) is 26.2 Å². The smallest absolute Gasteiger partial charge is 0.372 e. The molecule has 2 heterocycles.